The maximum atomic E-state index is 11.3. The van der Waals surface area contributed by atoms with E-state index in [1.165, 1.54) is 0 Å². The lowest BCUT2D eigenvalue weighted by Crippen LogP contribution is -2.25. The molecule has 0 aliphatic heterocycles. The van der Waals surface area contributed by atoms with Crippen LogP contribution in [0.1, 0.15) is 29.5 Å². The largest absolute Gasteiger partial charge is 0.475 e. The molecule has 0 saturated carbocycles. The van der Waals surface area contributed by atoms with Crippen molar-refractivity contribution in [1.82, 2.24) is 4.90 Å². The summed E-state index contributed by atoms with van der Waals surface area (Å²) in [6, 6.07) is 7.34. The van der Waals surface area contributed by atoms with Gasteiger partial charge in [-0.05, 0) is 19.0 Å². The van der Waals surface area contributed by atoms with E-state index in [1.54, 1.807) is 6.07 Å². The molecule has 0 aliphatic rings. The van der Waals surface area contributed by atoms with Crippen LogP contribution in [0, 0.1) is 0 Å². The highest BCUT2D eigenvalue weighted by molar-refractivity contribution is 5.95. The molecule has 2 rings (SSSR count). The van der Waals surface area contributed by atoms with Crippen LogP contribution >= 0.6 is 0 Å². The minimum absolute atomic E-state index is 0.00801. The van der Waals surface area contributed by atoms with Crippen LogP contribution in [0.15, 0.2) is 28.7 Å². The first-order valence-corrected chi connectivity index (χ1v) is 6.74. The van der Waals surface area contributed by atoms with Gasteiger partial charge in [0.25, 0.3) is 0 Å². The number of para-hydroxylation sites is 1. The molecule has 0 spiro atoms. The lowest BCUT2D eigenvalue weighted by molar-refractivity contribution is 0.0661. The Labute approximate surface area is 117 Å². The normalized spacial score (nSPS) is 11.3. The monoisotopic (exact) mass is 277 g/mol. The van der Waals surface area contributed by atoms with E-state index in [0.29, 0.717) is 24.1 Å². The van der Waals surface area contributed by atoms with Gasteiger partial charge in [-0.15, -0.1) is 0 Å². The Balaban J connectivity index is 2.35. The lowest BCUT2D eigenvalue weighted by atomic mass is 10.1. The van der Waals surface area contributed by atoms with Crippen LogP contribution in [0.25, 0.3) is 11.0 Å². The van der Waals surface area contributed by atoms with Gasteiger partial charge in [-0.2, -0.15) is 0 Å². The highest BCUT2D eigenvalue weighted by atomic mass is 16.4. The molecule has 2 N–H and O–H groups in total. The van der Waals surface area contributed by atoms with Crippen molar-refractivity contribution in [3.8, 4) is 0 Å². The standard InChI is InChI=1S/C15H19NO4/c1-2-16(8-5-9-17)10-12-11-6-3-4-7-13(11)20-14(12)15(18)19/h3-4,6-7,17H,2,5,8-10H2,1H3,(H,18,19). The van der Waals surface area contributed by atoms with Gasteiger partial charge < -0.3 is 14.6 Å². The Morgan fingerprint density at radius 3 is 2.75 bits per heavy atom. The summed E-state index contributed by atoms with van der Waals surface area (Å²) >= 11 is 0. The molecule has 0 aliphatic carbocycles. The lowest BCUT2D eigenvalue weighted by Gasteiger charge is -2.19. The van der Waals surface area contributed by atoms with Crippen molar-refractivity contribution in [3.63, 3.8) is 0 Å². The molecule has 1 heterocycles. The van der Waals surface area contributed by atoms with Gasteiger partial charge in [0, 0.05) is 30.6 Å². The zero-order valence-electron chi connectivity index (χ0n) is 11.5. The number of furan rings is 1. The van der Waals surface area contributed by atoms with Crippen LogP contribution in [-0.2, 0) is 6.54 Å². The van der Waals surface area contributed by atoms with Crippen molar-refractivity contribution in [2.24, 2.45) is 0 Å². The summed E-state index contributed by atoms with van der Waals surface area (Å²) in [4.78, 5) is 13.4. The second-order valence-electron chi connectivity index (χ2n) is 4.66. The average molecular weight is 277 g/mol. The molecule has 0 fully saturated rings. The molecule has 0 bridgehead atoms. The number of aromatic carboxylic acids is 1. The number of aliphatic hydroxyl groups excluding tert-OH is 1. The molecular weight excluding hydrogens is 258 g/mol. The van der Waals surface area contributed by atoms with Gasteiger partial charge in [-0.25, -0.2) is 4.79 Å². The van der Waals surface area contributed by atoms with Crippen molar-refractivity contribution in [2.75, 3.05) is 19.7 Å². The summed E-state index contributed by atoms with van der Waals surface area (Å²) in [6.07, 6.45) is 0.673. The molecule has 20 heavy (non-hydrogen) atoms. The third-order valence-electron chi connectivity index (χ3n) is 3.35. The summed E-state index contributed by atoms with van der Waals surface area (Å²) in [6.45, 7) is 4.17. The first-order chi connectivity index (χ1) is 9.67. The third-order valence-corrected chi connectivity index (χ3v) is 3.35. The van der Waals surface area contributed by atoms with Crippen molar-refractivity contribution in [2.45, 2.75) is 19.9 Å². The fourth-order valence-electron chi connectivity index (χ4n) is 2.30. The van der Waals surface area contributed by atoms with Gasteiger partial charge in [0.15, 0.2) is 0 Å². The SMILES string of the molecule is CCN(CCCO)Cc1c(C(=O)O)oc2ccccc12. The molecule has 0 amide bonds. The van der Waals surface area contributed by atoms with E-state index in [9.17, 15) is 9.90 Å². The number of benzene rings is 1. The summed E-state index contributed by atoms with van der Waals surface area (Å²) in [7, 11) is 0. The van der Waals surface area contributed by atoms with Crippen molar-refractivity contribution < 1.29 is 19.4 Å². The molecule has 1 aromatic heterocycles. The van der Waals surface area contributed by atoms with Crippen LogP contribution in [0.5, 0.6) is 0 Å². The van der Waals surface area contributed by atoms with Gasteiger partial charge in [0.1, 0.15) is 5.58 Å². The second-order valence-corrected chi connectivity index (χ2v) is 4.66. The molecule has 2 aromatic rings. The summed E-state index contributed by atoms with van der Waals surface area (Å²) < 4.78 is 5.43. The Kier molecular flexibility index (Phi) is 4.76. The Morgan fingerprint density at radius 2 is 2.10 bits per heavy atom. The molecule has 0 atom stereocenters. The van der Waals surface area contributed by atoms with Crippen LogP contribution in [-0.4, -0.2) is 40.8 Å². The Bertz CT molecular complexity index is 591. The first kappa shape index (κ1) is 14.6. The number of nitrogens with zero attached hydrogens (tertiary/aromatic N) is 1. The number of hydrogen-bond acceptors (Lipinski definition) is 4. The Morgan fingerprint density at radius 1 is 1.35 bits per heavy atom. The van der Waals surface area contributed by atoms with Crippen molar-refractivity contribution >= 4 is 16.9 Å². The number of fused-ring (bicyclic) bond motifs is 1. The zero-order chi connectivity index (χ0) is 14.5. The van der Waals surface area contributed by atoms with Gasteiger partial charge in [0.05, 0.1) is 0 Å². The van der Waals surface area contributed by atoms with E-state index < -0.39 is 5.97 Å². The molecule has 0 unspecified atom stereocenters. The van der Waals surface area contributed by atoms with Crippen LogP contribution in [0.4, 0.5) is 0 Å². The number of carboxylic acid groups (broad SMARTS) is 1. The van der Waals surface area contributed by atoms with E-state index >= 15 is 0 Å². The second kappa shape index (κ2) is 6.54. The molecule has 0 saturated heterocycles. The Hall–Kier alpha value is -1.85. The molecule has 5 heteroatoms. The van der Waals surface area contributed by atoms with Crippen molar-refractivity contribution in [1.29, 1.82) is 0 Å². The average Bonchev–Trinajstić information content (AvgIpc) is 2.82. The highest BCUT2D eigenvalue weighted by Crippen LogP contribution is 2.27. The maximum absolute atomic E-state index is 11.3. The van der Waals surface area contributed by atoms with Gasteiger partial charge in [-0.3, -0.25) is 4.90 Å². The zero-order valence-corrected chi connectivity index (χ0v) is 11.5. The van der Waals surface area contributed by atoms with E-state index in [-0.39, 0.29) is 12.4 Å². The van der Waals surface area contributed by atoms with Crippen LogP contribution in [0.3, 0.4) is 0 Å². The number of aliphatic hydroxyl groups is 1. The number of carboxylic acids is 1. The molecular formula is C15H19NO4. The number of hydrogen-bond donors (Lipinski definition) is 2. The van der Waals surface area contributed by atoms with E-state index in [4.69, 9.17) is 9.52 Å². The van der Waals surface area contributed by atoms with Crippen molar-refractivity contribution in [3.05, 3.63) is 35.6 Å². The predicted octanol–water partition coefficient (Wildman–Crippen LogP) is 2.34. The summed E-state index contributed by atoms with van der Waals surface area (Å²) in [5, 5.41) is 19.0. The predicted molar refractivity (Wildman–Crippen MR) is 75.8 cm³/mol. The van der Waals surface area contributed by atoms with Crippen LogP contribution < -0.4 is 0 Å². The van der Waals surface area contributed by atoms with Crippen LogP contribution in [0.2, 0.25) is 0 Å². The quantitative estimate of drug-likeness (QED) is 0.812. The maximum Gasteiger partial charge on any atom is 0.372 e. The highest BCUT2D eigenvalue weighted by Gasteiger charge is 2.21. The third kappa shape index (κ3) is 3.00. The molecule has 0 radical (unpaired) electrons. The minimum atomic E-state index is -1.05. The number of rotatable bonds is 7. The van der Waals surface area contributed by atoms with E-state index in [0.717, 1.165) is 18.5 Å². The molecule has 5 nitrogen and oxygen atoms in total. The van der Waals surface area contributed by atoms with E-state index in [1.807, 2.05) is 25.1 Å². The van der Waals surface area contributed by atoms with Gasteiger partial charge in [0.2, 0.25) is 5.76 Å². The van der Waals surface area contributed by atoms with Gasteiger partial charge >= 0.3 is 5.97 Å². The summed E-state index contributed by atoms with van der Waals surface area (Å²) in [5.74, 6) is -1.04. The fourth-order valence-corrected chi connectivity index (χ4v) is 2.30. The smallest absolute Gasteiger partial charge is 0.372 e. The van der Waals surface area contributed by atoms with Gasteiger partial charge in [-0.1, -0.05) is 25.1 Å². The fraction of sp³-hybridized carbons (Fsp3) is 0.400. The minimum Gasteiger partial charge on any atom is -0.475 e. The van der Waals surface area contributed by atoms with E-state index in [2.05, 4.69) is 4.90 Å². The summed E-state index contributed by atoms with van der Waals surface area (Å²) in [5.41, 5.74) is 1.30. The molecule has 108 valence electrons. The first-order valence-electron chi connectivity index (χ1n) is 6.74. The topological polar surface area (TPSA) is 73.9 Å². The number of carbonyl (C=O) groups is 1. The molecule has 1 aromatic carbocycles.